The second-order valence-electron chi connectivity index (χ2n) is 8.03. The van der Waals surface area contributed by atoms with Crippen molar-refractivity contribution in [3.05, 3.63) is 102 Å². The predicted octanol–water partition coefficient (Wildman–Crippen LogP) is 4.10. The molecule has 2 amide bonds. The first kappa shape index (κ1) is 22.0. The fraction of sp³-hybridized carbons (Fsp3) is 0.115. The van der Waals surface area contributed by atoms with Gasteiger partial charge in [-0.05, 0) is 54.4 Å². The Bertz CT molecular complexity index is 1290. The van der Waals surface area contributed by atoms with Crippen molar-refractivity contribution >= 4 is 11.8 Å². The van der Waals surface area contributed by atoms with Crippen LogP contribution in [0.2, 0.25) is 0 Å². The molecule has 0 aliphatic carbocycles. The molecule has 4 N–H and O–H groups in total. The third-order valence-electron chi connectivity index (χ3n) is 5.51. The molecule has 166 valence electrons. The molecule has 1 atom stereocenters. The van der Waals surface area contributed by atoms with Gasteiger partial charge in [0.15, 0.2) is 0 Å². The lowest BCUT2D eigenvalue weighted by Crippen LogP contribution is -2.56. The number of rotatable bonds is 7. The zero-order valence-corrected chi connectivity index (χ0v) is 18.0. The van der Waals surface area contributed by atoms with Gasteiger partial charge in [0.2, 0.25) is 5.91 Å². The summed E-state index contributed by atoms with van der Waals surface area (Å²) in [7, 11) is 0. The number of nitrogens with zero attached hydrogens (tertiary/aromatic N) is 1. The first-order chi connectivity index (χ1) is 15.9. The Balaban J connectivity index is 1.62. The van der Waals surface area contributed by atoms with Crippen LogP contribution in [0.15, 0.2) is 84.9 Å². The van der Waals surface area contributed by atoms with Crippen LogP contribution >= 0.6 is 0 Å². The number of benzene rings is 3. The van der Waals surface area contributed by atoms with E-state index in [4.69, 9.17) is 5.73 Å². The molecular weight excluding hydrogens is 419 g/mol. The van der Waals surface area contributed by atoms with E-state index in [0.717, 1.165) is 11.1 Å². The lowest BCUT2D eigenvalue weighted by molar-refractivity contribution is -0.123. The summed E-state index contributed by atoms with van der Waals surface area (Å²) in [5.74, 6) is -1.39. The molecule has 0 aliphatic rings. The van der Waals surface area contributed by atoms with E-state index in [-0.39, 0.29) is 12.2 Å². The highest BCUT2D eigenvalue weighted by Crippen LogP contribution is 2.27. The molecule has 0 unspecified atom stereocenters. The quantitative estimate of drug-likeness (QED) is 0.402. The molecule has 1 aromatic heterocycles. The molecule has 0 radical (unpaired) electrons. The van der Waals surface area contributed by atoms with Crippen LogP contribution in [-0.4, -0.2) is 27.6 Å². The van der Waals surface area contributed by atoms with Gasteiger partial charge in [-0.15, -0.1) is 0 Å². The van der Waals surface area contributed by atoms with Crippen LogP contribution in [0, 0.1) is 5.82 Å². The molecule has 0 spiro atoms. The minimum Gasteiger partial charge on any atom is -0.368 e. The second-order valence-corrected chi connectivity index (χ2v) is 8.03. The number of nitrogens with one attached hydrogen (secondary N) is 2. The Morgan fingerprint density at radius 3 is 2.36 bits per heavy atom. The average molecular weight is 442 g/mol. The van der Waals surface area contributed by atoms with Crippen LogP contribution in [0.1, 0.15) is 22.8 Å². The molecule has 0 saturated carbocycles. The number of nitrogens with two attached hydrogens (primary N) is 1. The van der Waals surface area contributed by atoms with Crippen LogP contribution in [0.4, 0.5) is 4.39 Å². The number of primary amides is 1. The molecule has 33 heavy (non-hydrogen) atoms. The SMILES string of the molecule is C[C@@](Cc1ccccc1)(NC(=O)c1ccccc1-c1cc(-c2ccc(F)cc2)[nH]n1)C(N)=O. The minimum absolute atomic E-state index is 0.258. The molecule has 3 aromatic carbocycles. The summed E-state index contributed by atoms with van der Waals surface area (Å²) in [5, 5.41) is 10.1. The smallest absolute Gasteiger partial charge is 0.252 e. The van der Waals surface area contributed by atoms with Gasteiger partial charge >= 0.3 is 0 Å². The van der Waals surface area contributed by atoms with Crippen LogP contribution in [0.5, 0.6) is 0 Å². The zero-order chi connectivity index (χ0) is 23.4. The Morgan fingerprint density at radius 2 is 1.67 bits per heavy atom. The molecule has 1 heterocycles. The summed E-state index contributed by atoms with van der Waals surface area (Å²) in [6, 6.07) is 24.2. The highest BCUT2D eigenvalue weighted by atomic mass is 19.1. The van der Waals surface area contributed by atoms with E-state index in [2.05, 4.69) is 15.5 Å². The van der Waals surface area contributed by atoms with Gasteiger partial charge in [0.25, 0.3) is 5.91 Å². The number of aromatic amines is 1. The Labute approximate surface area is 190 Å². The Kier molecular flexibility index (Phi) is 6.04. The van der Waals surface area contributed by atoms with Gasteiger partial charge in [-0.3, -0.25) is 14.7 Å². The highest BCUT2D eigenvalue weighted by Gasteiger charge is 2.34. The van der Waals surface area contributed by atoms with Gasteiger partial charge in [0.1, 0.15) is 11.4 Å². The third kappa shape index (κ3) is 4.82. The van der Waals surface area contributed by atoms with Gasteiger partial charge < -0.3 is 11.1 Å². The predicted molar refractivity (Wildman–Crippen MR) is 125 cm³/mol. The van der Waals surface area contributed by atoms with Crippen molar-refractivity contribution in [3.8, 4) is 22.5 Å². The van der Waals surface area contributed by atoms with Crippen molar-refractivity contribution < 1.29 is 14.0 Å². The maximum atomic E-state index is 13.3. The Morgan fingerprint density at radius 1 is 1.00 bits per heavy atom. The number of carbonyl (C=O) groups excluding carboxylic acids is 2. The van der Waals surface area contributed by atoms with E-state index < -0.39 is 17.4 Å². The van der Waals surface area contributed by atoms with E-state index in [9.17, 15) is 14.0 Å². The Hall–Kier alpha value is -4.26. The standard InChI is InChI=1S/C26H23FN4O2/c1-26(25(28)33,16-17-7-3-2-4-8-17)29-24(32)21-10-6-5-9-20(21)23-15-22(30-31-23)18-11-13-19(27)14-12-18/h2-15H,16H2,1H3,(H2,28,33)(H,29,32)(H,30,31)/t26-/m0/s1. The molecule has 7 heteroatoms. The van der Waals surface area contributed by atoms with Crippen molar-refractivity contribution in [2.75, 3.05) is 0 Å². The summed E-state index contributed by atoms with van der Waals surface area (Å²) < 4.78 is 13.2. The molecule has 4 rings (SSSR count). The fourth-order valence-corrected chi connectivity index (χ4v) is 3.66. The number of H-pyrrole nitrogens is 1. The number of halogens is 1. The normalized spacial score (nSPS) is 12.7. The number of carbonyl (C=O) groups is 2. The van der Waals surface area contributed by atoms with Crippen molar-refractivity contribution in [2.24, 2.45) is 5.73 Å². The first-order valence-electron chi connectivity index (χ1n) is 10.4. The van der Waals surface area contributed by atoms with Gasteiger partial charge in [0.05, 0.1) is 11.4 Å². The highest BCUT2D eigenvalue weighted by molar-refractivity contribution is 6.03. The summed E-state index contributed by atoms with van der Waals surface area (Å²) in [4.78, 5) is 25.6. The van der Waals surface area contributed by atoms with Crippen LogP contribution in [0.3, 0.4) is 0 Å². The van der Waals surface area contributed by atoms with E-state index in [1.54, 1.807) is 49.4 Å². The zero-order valence-electron chi connectivity index (χ0n) is 18.0. The minimum atomic E-state index is -1.28. The van der Waals surface area contributed by atoms with Gasteiger partial charge in [0, 0.05) is 17.5 Å². The first-order valence-corrected chi connectivity index (χ1v) is 10.4. The van der Waals surface area contributed by atoms with Gasteiger partial charge in [-0.2, -0.15) is 5.10 Å². The van der Waals surface area contributed by atoms with E-state index >= 15 is 0 Å². The maximum absolute atomic E-state index is 13.3. The molecule has 4 aromatic rings. The van der Waals surface area contributed by atoms with Crippen molar-refractivity contribution in [2.45, 2.75) is 18.9 Å². The number of aromatic nitrogens is 2. The number of amides is 2. The van der Waals surface area contributed by atoms with Gasteiger partial charge in [-0.25, -0.2) is 4.39 Å². The summed E-state index contributed by atoms with van der Waals surface area (Å²) >= 11 is 0. The largest absolute Gasteiger partial charge is 0.368 e. The number of hydrogen-bond donors (Lipinski definition) is 3. The molecule has 0 bridgehead atoms. The second kappa shape index (κ2) is 9.08. The van der Waals surface area contributed by atoms with Crippen molar-refractivity contribution in [3.63, 3.8) is 0 Å². The molecule has 0 fully saturated rings. The van der Waals surface area contributed by atoms with Crippen LogP contribution < -0.4 is 11.1 Å². The van der Waals surface area contributed by atoms with E-state index in [1.807, 2.05) is 30.3 Å². The lowest BCUT2D eigenvalue weighted by atomic mass is 9.91. The summed E-state index contributed by atoms with van der Waals surface area (Å²) in [6.07, 6.45) is 0.258. The molecular formula is C26H23FN4O2. The van der Waals surface area contributed by atoms with Crippen molar-refractivity contribution in [1.82, 2.24) is 15.5 Å². The van der Waals surface area contributed by atoms with Crippen LogP contribution in [-0.2, 0) is 11.2 Å². The topological polar surface area (TPSA) is 101 Å². The van der Waals surface area contributed by atoms with Crippen LogP contribution in [0.25, 0.3) is 22.5 Å². The van der Waals surface area contributed by atoms with Gasteiger partial charge in [-0.1, -0.05) is 48.5 Å². The van der Waals surface area contributed by atoms with E-state index in [0.29, 0.717) is 22.5 Å². The summed E-state index contributed by atoms with van der Waals surface area (Å²) in [6.45, 7) is 1.62. The fourth-order valence-electron chi connectivity index (χ4n) is 3.66. The summed E-state index contributed by atoms with van der Waals surface area (Å²) in [5.41, 5.74) is 8.21. The number of hydrogen-bond acceptors (Lipinski definition) is 3. The van der Waals surface area contributed by atoms with E-state index in [1.165, 1.54) is 12.1 Å². The third-order valence-corrected chi connectivity index (χ3v) is 5.51. The lowest BCUT2D eigenvalue weighted by Gasteiger charge is -2.28. The molecule has 0 aliphatic heterocycles. The molecule has 0 saturated heterocycles. The molecule has 6 nitrogen and oxygen atoms in total. The maximum Gasteiger partial charge on any atom is 0.252 e. The average Bonchev–Trinajstić information content (AvgIpc) is 3.30. The van der Waals surface area contributed by atoms with Crippen molar-refractivity contribution in [1.29, 1.82) is 0 Å². The monoisotopic (exact) mass is 442 g/mol.